The molecule has 0 amide bonds. The monoisotopic (exact) mass is 448 g/mol. The SMILES string of the molecule is CC1=CC[C-]=C1.C[C](C)=[Zr+2].Cl.Cl.[c-]1cccc2c1Cc1ccccc1-2. The summed E-state index contributed by atoms with van der Waals surface area (Å²) in [5.41, 5.74) is 6.85. The number of fused-ring (bicyclic) bond motifs is 3. The van der Waals surface area contributed by atoms with Gasteiger partial charge in [-0.15, -0.1) is 43.7 Å². The van der Waals surface area contributed by atoms with Crippen molar-refractivity contribution in [2.75, 3.05) is 0 Å². The van der Waals surface area contributed by atoms with Crippen LogP contribution in [-0.4, -0.2) is 3.21 Å². The summed E-state index contributed by atoms with van der Waals surface area (Å²) < 4.78 is 1.51. The van der Waals surface area contributed by atoms with Crippen LogP contribution < -0.4 is 0 Å². The van der Waals surface area contributed by atoms with Crippen LogP contribution in [0.2, 0.25) is 0 Å². The summed E-state index contributed by atoms with van der Waals surface area (Å²) in [6, 6.07) is 18.1. The fraction of sp³-hybridized carbons (Fsp3) is 0.227. The van der Waals surface area contributed by atoms with E-state index in [0.29, 0.717) is 0 Å². The average molecular weight is 451 g/mol. The minimum Gasteiger partial charge on any atom is -0.179 e. The third kappa shape index (κ3) is 7.99. The van der Waals surface area contributed by atoms with E-state index >= 15 is 0 Å². The van der Waals surface area contributed by atoms with Crippen LogP contribution in [0.1, 0.15) is 38.3 Å². The Bertz CT molecular complexity index is 695. The van der Waals surface area contributed by atoms with Crippen LogP contribution in [0.3, 0.4) is 0 Å². The van der Waals surface area contributed by atoms with Crippen molar-refractivity contribution in [3.8, 4) is 11.1 Å². The molecule has 0 radical (unpaired) electrons. The van der Waals surface area contributed by atoms with Crippen molar-refractivity contribution >= 4 is 28.0 Å². The Hall–Kier alpha value is -0.747. The second kappa shape index (κ2) is 12.6. The fourth-order valence-corrected chi connectivity index (χ4v) is 2.50. The van der Waals surface area contributed by atoms with Gasteiger partial charge in [0.2, 0.25) is 0 Å². The van der Waals surface area contributed by atoms with Gasteiger partial charge in [-0.2, -0.15) is 35.9 Å². The summed E-state index contributed by atoms with van der Waals surface area (Å²) in [6.07, 6.45) is 9.29. The van der Waals surface area contributed by atoms with E-state index < -0.39 is 0 Å². The van der Waals surface area contributed by atoms with Crippen molar-refractivity contribution in [1.29, 1.82) is 0 Å². The molecule has 0 unspecified atom stereocenters. The van der Waals surface area contributed by atoms with E-state index in [-0.39, 0.29) is 24.8 Å². The van der Waals surface area contributed by atoms with E-state index in [1.54, 1.807) is 24.2 Å². The number of benzene rings is 2. The third-order valence-corrected chi connectivity index (χ3v) is 3.49. The van der Waals surface area contributed by atoms with Gasteiger partial charge in [0.15, 0.2) is 0 Å². The first kappa shape index (κ1) is 24.3. The Morgan fingerprint density at radius 1 is 1.00 bits per heavy atom. The first-order chi connectivity index (χ1) is 11.1. The van der Waals surface area contributed by atoms with Gasteiger partial charge in [-0.05, 0) is 6.42 Å². The van der Waals surface area contributed by atoms with Crippen molar-refractivity contribution in [3.63, 3.8) is 0 Å². The van der Waals surface area contributed by atoms with E-state index in [2.05, 4.69) is 75.4 Å². The molecule has 2 aromatic carbocycles. The van der Waals surface area contributed by atoms with E-state index in [9.17, 15) is 0 Å². The molecule has 0 fully saturated rings. The molecule has 2 aliphatic rings. The summed E-state index contributed by atoms with van der Waals surface area (Å²) in [4.78, 5) is 0. The molecule has 0 N–H and O–H groups in total. The second-order valence-electron chi connectivity index (χ2n) is 5.90. The summed E-state index contributed by atoms with van der Waals surface area (Å²) in [6.45, 7) is 6.33. The number of hydrogen-bond donors (Lipinski definition) is 0. The number of halogens is 2. The molecule has 0 nitrogen and oxygen atoms in total. The van der Waals surface area contributed by atoms with Gasteiger partial charge in [0.05, 0.1) is 0 Å². The Morgan fingerprint density at radius 3 is 2.20 bits per heavy atom. The van der Waals surface area contributed by atoms with Gasteiger partial charge in [0.25, 0.3) is 0 Å². The molecule has 0 spiro atoms. The van der Waals surface area contributed by atoms with Gasteiger partial charge in [0.1, 0.15) is 0 Å². The summed E-state index contributed by atoms with van der Waals surface area (Å²) >= 11 is 1.55. The smallest absolute Gasteiger partial charge is 0.0253 e. The molecule has 0 saturated carbocycles. The first-order valence-corrected chi connectivity index (χ1v) is 9.14. The van der Waals surface area contributed by atoms with Crippen LogP contribution in [0.25, 0.3) is 11.1 Å². The zero-order chi connectivity index (χ0) is 16.7. The predicted molar refractivity (Wildman–Crippen MR) is 111 cm³/mol. The van der Waals surface area contributed by atoms with Gasteiger partial charge in [-0.3, -0.25) is 6.08 Å². The maximum atomic E-state index is 3.30. The average Bonchev–Trinajstić information content (AvgIpc) is 3.13. The van der Waals surface area contributed by atoms with Crippen molar-refractivity contribution in [2.45, 2.75) is 33.6 Å². The first-order valence-electron chi connectivity index (χ1n) is 7.91. The zero-order valence-electron chi connectivity index (χ0n) is 14.9. The van der Waals surface area contributed by atoms with Crippen molar-refractivity contribution in [3.05, 3.63) is 83.5 Å². The number of allylic oxidation sites excluding steroid dienone is 4. The number of hydrogen-bond acceptors (Lipinski definition) is 0. The number of rotatable bonds is 0. The summed E-state index contributed by atoms with van der Waals surface area (Å²) in [5, 5.41) is 0. The molecular formula is C22H24Cl2Zr. The van der Waals surface area contributed by atoms with Crippen molar-refractivity contribution in [2.24, 2.45) is 0 Å². The largest absolute Gasteiger partial charge is 0.179 e. The molecule has 2 aliphatic carbocycles. The summed E-state index contributed by atoms with van der Waals surface area (Å²) in [7, 11) is 0. The maximum Gasteiger partial charge on any atom is -0.0253 e. The quantitative estimate of drug-likeness (QED) is 0.351. The van der Waals surface area contributed by atoms with E-state index in [1.807, 2.05) is 12.1 Å². The molecule has 2 aromatic rings. The molecule has 130 valence electrons. The van der Waals surface area contributed by atoms with Gasteiger partial charge in [-0.25, -0.2) is 11.6 Å². The maximum absolute atomic E-state index is 3.30. The molecular weight excluding hydrogens is 426 g/mol. The molecule has 0 bridgehead atoms. The molecule has 0 heterocycles. The van der Waals surface area contributed by atoms with Gasteiger partial charge in [0, 0.05) is 0 Å². The van der Waals surface area contributed by atoms with Crippen LogP contribution in [0, 0.1) is 12.1 Å². The van der Waals surface area contributed by atoms with Crippen LogP contribution in [0.5, 0.6) is 0 Å². The van der Waals surface area contributed by atoms with Gasteiger partial charge < -0.3 is 0 Å². The Balaban J connectivity index is 0.000000410. The van der Waals surface area contributed by atoms with Gasteiger partial charge in [-0.1, -0.05) is 35.4 Å². The molecule has 0 saturated heterocycles. The van der Waals surface area contributed by atoms with Crippen molar-refractivity contribution < 1.29 is 24.2 Å². The molecule has 3 heteroatoms. The van der Waals surface area contributed by atoms with E-state index in [1.165, 1.54) is 31.0 Å². The van der Waals surface area contributed by atoms with Crippen LogP contribution >= 0.6 is 24.8 Å². The summed E-state index contributed by atoms with van der Waals surface area (Å²) in [5.74, 6) is 0. The van der Waals surface area contributed by atoms with E-state index in [0.717, 1.165) is 12.8 Å². The molecule has 0 aliphatic heterocycles. The Labute approximate surface area is 179 Å². The Kier molecular flexibility index (Phi) is 12.2. The topological polar surface area (TPSA) is 0 Å². The van der Waals surface area contributed by atoms with Crippen LogP contribution in [0.15, 0.2) is 60.2 Å². The Morgan fingerprint density at radius 2 is 1.64 bits per heavy atom. The van der Waals surface area contributed by atoms with Gasteiger partial charge >= 0.3 is 41.3 Å². The zero-order valence-corrected chi connectivity index (χ0v) is 19.0. The van der Waals surface area contributed by atoms with Crippen LogP contribution in [-0.2, 0) is 30.7 Å². The molecule has 0 atom stereocenters. The normalized spacial score (nSPS) is 12.0. The van der Waals surface area contributed by atoms with Crippen LogP contribution in [0.4, 0.5) is 0 Å². The van der Waals surface area contributed by atoms with Crippen molar-refractivity contribution in [1.82, 2.24) is 0 Å². The molecule has 4 rings (SSSR count). The van der Waals surface area contributed by atoms with E-state index in [4.69, 9.17) is 0 Å². The minimum absolute atomic E-state index is 0. The standard InChI is InChI=1S/C13H9.C6H7.C3H6.2ClH.Zr/c1-3-7-12-10(5-1)9-11-6-2-4-8-13(11)12;1-6-4-2-3-5-6;1-3-2;;;/h1-5,7-8H,9H2;4-5H,2H2,1H3;1-2H3;2*1H;/q2*-1;;;;+2. The molecule has 0 aromatic heterocycles. The fourth-order valence-electron chi connectivity index (χ4n) is 2.50. The third-order valence-electron chi connectivity index (χ3n) is 3.49. The molecule has 25 heavy (non-hydrogen) atoms. The minimum atomic E-state index is 0. The second-order valence-corrected chi connectivity index (χ2v) is 8.36. The predicted octanol–water partition coefficient (Wildman–Crippen LogP) is 6.34.